The zero-order valence-corrected chi connectivity index (χ0v) is 13.8. The van der Waals surface area contributed by atoms with Crippen LogP contribution < -0.4 is 10.1 Å². The minimum atomic E-state index is -0.215. The van der Waals surface area contributed by atoms with Gasteiger partial charge in [0.1, 0.15) is 5.75 Å². The number of anilines is 1. The van der Waals surface area contributed by atoms with E-state index in [2.05, 4.69) is 32.9 Å². The minimum Gasteiger partial charge on any atom is -0.484 e. The third kappa shape index (κ3) is 3.70. The van der Waals surface area contributed by atoms with Crippen LogP contribution in [-0.2, 0) is 4.79 Å². The van der Waals surface area contributed by atoms with Crippen LogP contribution in [0.3, 0.4) is 0 Å². The Morgan fingerprint density at radius 1 is 1.19 bits per heavy atom. The number of para-hydroxylation sites is 1. The van der Waals surface area contributed by atoms with Gasteiger partial charge in [-0.2, -0.15) is 0 Å². The zero-order valence-electron chi connectivity index (χ0n) is 10.9. The molecule has 4 nitrogen and oxygen atoms in total. The van der Waals surface area contributed by atoms with Crippen molar-refractivity contribution in [2.45, 2.75) is 0 Å². The van der Waals surface area contributed by atoms with Crippen molar-refractivity contribution in [1.29, 1.82) is 0 Å². The van der Waals surface area contributed by atoms with Gasteiger partial charge in [-0.1, -0.05) is 23.5 Å². The summed E-state index contributed by atoms with van der Waals surface area (Å²) in [7, 11) is 0. The Balaban J connectivity index is 1.59. The molecular formula is C15H11IN2O2S. The first-order valence-corrected chi connectivity index (χ1v) is 8.14. The van der Waals surface area contributed by atoms with Crippen molar-refractivity contribution in [2.24, 2.45) is 0 Å². The molecule has 0 bridgehead atoms. The number of carbonyl (C=O) groups excluding carboxylic acids is 1. The molecule has 1 aromatic heterocycles. The molecule has 0 spiro atoms. The fourth-order valence-electron chi connectivity index (χ4n) is 1.76. The van der Waals surface area contributed by atoms with E-state index >= 15 is 0 Å². The number of nitrogens with zero attached hydrogens (tertiary/aromatic N) is 1. The van der Waals surface area contributed by atoms with Gasteiger partial charge in [0.2, 0.25) is 0 Å². The minimum absolute atomic E-state index is 0.0312. The quantitative estimate of drug-likeness (QED) is 0.664. The van der Waals surface area contributed by atoms with E-state index in [1.165, 1.54) is 11.3 Å². The third-order valence-corrected chi connectivity index (χ3v) is 4.39. The Hall–Kier alpha value is -1.67. The number of rotatable bonds is 4. The Kier molecular flexibility index (Phi) is 4.35. The van der Waals surface area contributed by atoms with Crippen LogP contribution in [-0.4, -0.2) is 17.5 Å². The highest BCUT2D eigenvalue weighted by molar-refractivity contribution is 14.1. The maximum atomic E-state index is 11.9. The van der Waals surface area contributed by atoms with E-state index < -0.39 is 0 Å². The van der Waals surface area contributed by atoms with Gasteiger partial charge in [0.15, 0.2) is 11.7 Å². The number of aromatic nitrogens is 1. The van der Waals surface area contributed by atoms with E-state index in [0.717, 1.165) is 13.8 Å². The lowest BCUT2D eigenvalue weighted by atomic mass is 10.3. The van der Waals surface area contributed by atoms with Crippen LogP contribution in [0, 0.1) is 3.57 Å². The summed E-state index contributed by atoms with van der Waals surface area (Å²) < 4.78 is 7.60. The number of carbonyl (C=O) groups is 1. The molecule has 1 heterocycles. The van der Waals surface area contributed by atoms with Crippen LogP contribution in [0.5, 0.6) is 5.75 Å². The predicted molar refractivity (Wildman–Crippen MR) is 92.9 cm³/mol. The highest BCUT2D eigenvalue weighted by Gasteiger charge is 2.08. The zero-order chi connectivity index (χ0) is 14.7. The molecule has 0 aliphatic heterocycles. The van der Waals surface area contributed by atoms with Crippen molar-refractivity contribution in [2.75, 3.05) is 11.9 Å². The monoisotopic (exact) mass is 410 g/mol. The van der Waals surface area contributed by atoms with Crippen molar-refractivity contribution in [3.05, 3.63) is 52.1 Å². The summed E-state index contributed by atoms with van der Waals surface area (Å²) in [6, 6.07) is 15.3. The standard InChI is InChI=1S/C15H11IN2O2S/c16-10-5-7-11(8-6-10)20-9-14(19)18-15-17-12-3-1-2-4-13(12)21-15/h1-8H,9H2,(H,17,18,19). The van der Waals surface area contributed by atoms with Gasteiger partial charge in [-0.05, 0) is 59.0 Å². The van der Waals surface area contributed by atoms with E-state index in [-0.39, 0.29) is 12.5 Å². The molecule has 0 atom stereocenters. The van der Waals surface area contributed by atoms with E-state index in [4.69, 9.17) is 4.74 Å². The lowest BCUT2D eigenvalue weighted by Crippen LogP contribution is -2.19. The largest absolute Gasteiger partial charge is 0.484 e. The van der Waals surface area contributed by atoms with Crippen molar-refractivity contribution >= 4 is 55.2 Å². The molecule has 3 aromatic rings. The predicted octanol–water partition coefficient (Wildman–Crippen LogP) is 3.92. The fraction of sp³-hybridized carbons (Fsp3) is 0.0667. The van der Waals surface area contributed by atoms with Gasteiger partial charge in [0.25, 0.3) is 5.91 Å². The molecular weight excluding hydrogens is 399 g/mol. The van der Waals surface area contributed by atoms with E-state index in [1.807, 2.05) is 48.5 Å². The first-order chi connectivity index (χ1) is 10.2. The van der Waals surface area contributed by atoms with Crippen LogP contribution in [0.1, 0.15) is 0 Å². The van der Waals surface area contributed by atoms with Gasteiger partial charge in [-0.15, -0.1) is 0 Å². The second-order valence-electron chi connectivity index (χ2n) is 4.28. The van der Waals surface area contributed by atoms with Gasteiger partial charge < -0.3 is 4.74 Å². The second-order valence-corrected chi connectivity index (χ2v) is 6.55. The maximum absolute atomic E-state index is 11.9. The van der Waals surface area contributed by atoms with Crippen molar-refractivity contribution in [3.8, 4) is 5.75 Å². The number of thiazole rings is 1. The average molecular weight is 410 g/mol. The number of hydrogen-bond acceptors (Lipinski definition) is 4. The highest BCUT2D eigenvalue weighted by Crippen LogP contribution is 2.25. The molecule has 2 aromatic carbocycles. The smallest absolute Gasteiger partial charge is 0.264 e. The molecule has 0 unspecified atom stereocenters. The summed E-state index contributed by atoms with van der Waals surface area (Å²) >= 11 is 3.67. The van der Waals surface area contributed by atoms with E-state index in [1.54, 1.807) is 0 Å². The molecule has 0 saturated carbocycles. The maximum Gasteiger partial charge on any atom is 0.264 e. The van der Waals surface area contributed by atoms with E-state index in [0.29, 0.717) is 10.9 Å². The van der Waals surface area contributed by atoms with Crippen LogP contribution in [0.25, 0.3) is 10.2 Å². The number of fused-ring (bicyclic) bond motifs is 1. The molecule has 3 rings (SSSR count). The molecule has 21 heavy (non-hydrogen) atoms. The summed E-state index contributed by atoms with van der Waals surface area (Å²) in [6.07, 6.45) is 0. The first-order valence-electron chi connectivity index (χ1n) is 6.24. The van der Waals surface area contributed by atoms with Crippen molar-refractivity contribution in [3.63, 3.8) is 0 Å². The summed E-state index contributed by atoms with van der Waals surface area (Å²) in [4.78, 5) is 16.2. The molecule has 0 aliphatic rings. The van der Waals surface area contributed by atoms with Gasteiger partial charge >= 0.3 is 0 Å². The van der Waals surface area contributed by atoms with Gasteiger partial charge in [-0.25, -0.2) is 4.98 Å². The Morgan fingerprint density at radius 2 is 1.95 bits per heavy atom. The van der Waals surface area contributed by atoms with Gasteiger partial charge in [0, 0.05) is 3.57 Å². The Bertz CT molecular complexity index is 738. The molecule has 1 N–H and O–H groups in total. The molecule has 106 valence electrons. The van der Waals surface area contributed by atoms with Gasteiger partial charge in [0.05, 0.1) is 10.2 Å². The molecule has 1 amide bonds. The van der Waals surface area contributed by atoms with E-state index in [9.17, 15) is 4.79 Å². The molecule has 0 radical (unpaired) electrons. The number of amides is 1. The molecule has 0 saturated heterocycles. The summed E-state index contributed by atoms with van der Waals surface area (Å²) in [5.41, 5.74) is 0.886. The number of nitrogens with one attached hydrogen (secondary N) is 1. The third-order valence-electron chi connectivity index (χ3n) is 2.72. The van der Waals surface area contributed by atoms with Crippen LogP contribution >= 0.6 is 33.9 Å². The van der Waals surface area contributed by atoms with Crippen LogP contribution in [0.2, 0.25) is 0 Å². The number of hydrogen-bond donors (Lipinski definition) is 1. The lowest BCUT2D eigenvalue weighted by Gasteiger charge is -2.05. The van der Waals surface area contributed by atoms with Crippen molar-refractivity contribution < 1.29 is 9.53 Å². The first kappa shape index (κ1) is 14.3. The van der Waals surface area contributed by atoms with Crippen LogP contribution in [0.15, 0.2) is 48.5 Å². The van der Waals surface area contributed by atoms with Crippen molar-refractivity contribution in [1.82, 2.24) is 4.98 Å². The number of ether oxygens (including phenoxy) is 1. The highest BCUT2D eigenvalue weighted by atomic mass is 127. The van der Waals surface area contributed by atoms with Gasteiger partial charge in [-0.3, -0.25) is 10.1 Å². The fourth-order valence-corrected chi connectivity index (χ4v) is 3.00. The topological polar surface area (TPSA) is 51.2 Å². The SMILES string of the molecule is O=C(COc1ccc(I)cc1)Nc1nc2ccccc2s1. The second kappa shape index (κ2) is 6.40. The molecule has 0 aliphatic carbocycles. The number of halogens is 1. The lowest BCUT2D eigenvalue weighted by molar-refractivity contribution is -0.118. The average Bonchev–Trinajstić information content (AvgIpc) is 2.88. The molecule has 6 heteroatoms. The summed E-state index contributed by atoms with van der Waals surface area (Å²) in [6.45, 7) is -0.0312. The molecule has 0 fully saturated rings. The Morgan fingerprint density at radius 3 is 2.71 bits per heavy atom. The Labute approximate surface area is 139 Å². The number of benzene rings is 2. The normalized spacial score (nSPS) is 10.5. The summed E-state index contributed by atoms with van der Waals surface area (Å²) in [5, 5.41) is 3.35. The van der Waals surface area contributed by atoms with Crippen LogP contribution in [0.4, 0.5) is 5.13 Å². The summed E-state index contributed by atoms with van der Waals surface area (Å²) in [5.74, 6) is 0.461.